The van der Waals surface area contributed by atoms with Crippen LogP contribution in [-0.2, 0) is 17.5 Å². The van der Waals surface area contributed by atoms with Gasteiger partial charge >= 0.3 is 12.1 Å². The molecule has 1 aromatic heterocycles. The minimum absolute atomic E-state index is 0.0976. The maximum absolute atomic E-state index is 13.7. The van der Waals surface area contributed by atoms with Gasteiger partial charge in [-0.05, 0) is 66.1 Å². The molecular weight excluding hydrogens is 459 g/mol. The van der Waals surface area contributed by atoms with Crippen LogP contribution in [0.4, 0.5) is 19.0 Å². The molecule has 2 fully saturated rings. The van der Waals surface area contributed by atoms with Crippen molar-refractivity contribution in [3.63, 3.8) is 0 Å². The fraction of sp³-hybridized carbons (Fsp3) is 0.346. The zero-order valence-electron chi connectivity index (χ0n) is 18.8. The smallest absolute Gasteiger partial charge is 0.417 e. The Labute approximate surface area is 200 Å². The average molecular weight is 483 g/mol. The third-order valence-electron chi connectivity index (χ3n) is 6.37. The van der Waals surface area contributed by atoms with Crippen molar-refractivity contribution >= 4 is 11.8 Å². The van der Waals surface area contributed by atoms with E-state index < -0.39 is 23.6 Å². The number of ether oxygens (including phenoxy) is 1. The van der Waals surface area contributed by atoms with Crippen molar-refractivity contribution in [3.8, 4) is 16.9 Å². The van der Waals surface area contributed by atoms with Crippen LogP contribution in [0.1, 0.15) is 42.0 Å². The summed E-state index contributed by atoms with van der Waals surface area (Å²) in [7, 11) is 0. The molecule has 0 aliphatic heterocycles. The molecule has 182 valence electrons. The van der Waals surface area contributed by atoms with E-state index in [9.17, 15) is 18.0 Å². The molecule has 9 heteroatoms. The van der Waals surface area contributed by atoms with Crippen LogP contribution in [0.5, 0.6) is 5.75 Å². The summed E-state index contributed by atoms with van der Waals surface area (Å²) in [6.07, 6.45) is 1.45. The zero-order chi connectivity index (χ0) is 24.6. The first-order valence-electron chi connectivity index (χ1n) is 11.5. The van der Waals surface area contributed by atoms with E-state index >= 15 is 0 Å². The third-order valence-corrected chi connectivity index (χ3v) is 6.37. The Morgan fingerprint density at radius 1 is 1.09 bits per heavy atom. The lowest BCUT2D eigenvalue weighted by molar-refractivity contribution is -0.139. The maximum Gasteiger partial charge on any atom is 0.417 e. The molecule has 2 aliphatic carbocycles. The predicted octanol–water partition coefficient (Wildman–Crippen LogP) is 5.75. The van der Waals surface area contributed by atoms with Crippen LogP contribution >= 0.6 is 0 Å². The summed E-state index contributed by atoms with van der Waals surface area (Å²) in [5, 5.41) is 12.1. The number of hydrogen-bond donors (Lipinski definition) is 2. The van der Waals surface area contributed by atoms with Gasteiger partial charge in [0.15, 0.2) is 0 Å². The SMILES string of the molecule is O=C(O)[C@@H]1C[C@H]1c1cnc(NCc2ccc(C(F)(F)F)c(-c3ccc(OCC4CC4)cc3)c2)cn1. The minimum Gasteiger partial charge on any atom is -0.493 e. The molecule has 2 N–H and O–H groups in total. The molecule has 0 bridgehead atoms. The zero-order valence-corrected chi connectivity index (χ0v) is 18.8. The molecule has 0 amide bonds. The van der Waals surface area contributed by atoms with E-state index in [1.54, 1.807) is 30.5 Å². The van der Waals surface area contributed by atoms with Crippen molar-refractivity contribution in [2.45, 2.75) is 37.9 Å². The fourth-order valence-electron chi connectivity index (χ4n) is 4.02. The van der Waals surface area contributed by atoms with Crippen molar-refractivity contribution in [2.24, 2.45) is 11.8 Å². The van der Waals surface area contributed by atoms with Crippen LogP contribution in [-0.4, -0.2) is 27.7 Å². The highest BCUT2D eigenvalue weighted by Crippen LogP contribution is 2.46. The lowest BCUT2D eigenvalue weighted by Gasteiger charge is -2.16. The van der Waals surface area contributed by atoms with Gasteiger partial charge in [0, 0.05) is 12.5 Å². The summed E-state index contributed by atoms with van der Waals surface area (Å²) in [5.41, 5.74) is 1.14. The van der Waals surface area contributed by atoms with Gasteiger partial charge in [0.1, 0.15) is 11.6 Å². The molecule has 5 rings (SSSR count). The number of benzene rings is 2. The average Bonchev–Trinajstić information content (AvgIpc) is 3.75. The van der Waals surface area contributed by atoms with E-state index in [4.69, 9.17) is 9.84 Å². The molecule has 6 nitrogen and oxygen atoms in total. The van der Waals surface area contributed by atoms with Crippen LogP contribution < -0.4 is 10.1 Å². The number of nitrogens with one attached hydrogen (secondary N) is 1. The summed E-state index contributed by atoms with van der Waals surface area (Å²) in [4.78, 5) is 19.6. The van der Waals surface area contributed by atoms with E-state index in [0.717, 1.165) is 18.9 Å². The van der Waals surface area contributed by atoms with Crippen molar-refractivity contribution in [1.29, 1.82) is 0 Å². The first-order valence-corrected chi connectivity index (χ1v) is 11.5. The number of carbonyl (C=O) groups is 1. The molecule has 2 aromatic carbocycles. The van der Waals surface area contributed by atoms with Crippen molar-refractivity contribution in [2.75, 3.05) is 11.9 Å². The van der Waals surface area contributed by atoms with E-state index in [0.29, 0.717) is 47.3 Å². The number of carboxylic acid groups (broad SMARTS) is 1. The monoisotopic (exact) mass is 483 g/mol. The summed E-state index contributed by atoms with van der Waals surface area (Å²) in [6, 6.07) is 10.8. The van der Waals surface area contributed by atoms with E-state index in [-0.39, 0.29) is 18.0 Å². The molecule has 0 spiro atoms. The largest absolute Gasteiger partial charge is 0.493 e. The topological polar surface area (TPSA) is 84.3 Å². The first kappa shape index (κ1) is 23.1. The van der Waals surface area contributed by atoms with Crippen molar-refractivity contribution < 1.29 is 27.8 Å². The van der Waals surface area contributed by atoms with E-state index in [2.05, 4.69) is 15.3 Å². The standard InChI is InChI=1S/C26H24F3N3O3/c27-26(28,29)22-8-3-16(9-19(22)17-4-6-18(7-5-17)35-14-15-1-2-15)11-31-24-13-30-23(12-32-24)20-10-21(20)25(33)34/h3-9,12-13,15,20-21H,1-2,10-11,14H2,(H,31,32)(H,33,34)/t20-,21-/m1/s1. The Kier molecular flexibility index (Phi) is 6.08. The Morgan fingerprint density at radius 3 is 2.46 bits per heavy atom. The molecule has 2 atom stereocenters. The highest BCUT2D eigenvalue weighted by atomic mass is 19.4. The molecule has 3 aromatic rings. The molecule has 0 saturated heterocycles. The van der Waals surface area contributed by atoms with Gasteiger partial charge in [0.25, 0.3) is 0 Å². The number of aliphatic carboxylic acids is 1. The number of halogens is 3. The van der Waals surface area contributed by atoms with E-state index in [1.165, 1.54) is 18.3 Å². The predicted molar refractivity (Wildman–Crippen MR) is 123 cm³/mol. The van der Waals surface area contributed by atoms with Crippen molar-refractivity contribution in [1.82, 2.24) is 9.97 Å². The van der Waals surface area contributed by atoms with Crippen molar-refractivity contribution in [3.05, 3.63) is 71.7 Å². The summed E-state index contributed by atoms with van der Waals surface area (Å²) >= 11 is 0. The number of aromatic nitrogens is 2. The molecule has 0 unspecified atom stereocenters. The van der Waals surface area contributed by atoms with Gasteiger partial charge in [-0.3, -0.25) is 9.78 Å². The Hall–Kier alpha value is -3.62. The van der Waals surface area contributed by atoms with Gasteiger partial charge in [-0.15, -0.1) is 0 Å². The highest BCUT2D eigenvalue weighted by molar-refractivity contribution is 5.75. The molecule has 1 heterocycles. The van der Waals surface area contributed by atoms with Gasteiger partial charge in [0.05, 0.1) is 36.2 Å². The second kappa shape index (κ2) is 9.20. The van der Waals surface area contributed by atoms with Crippen LogP contribution in [0.15, 0.2) is 54.9 Å². The van der Waals surface area contributed by atoms with Crippen LogP contribution in [0, 0.1) is 11.8 Å². The number of alkyl halides is 3. The van der Waals surface area contributed by atoms with Gasteiger partial charge in [-0.2, -0.15) is 13.2 Å². The van der Waals surface area contributed by atoms with Crippen LogP contribution in [0.25, 0.3) is 11.1 Å². The maximum atomic E-state index is 13.7. The quantitative estimate of drug-likeness (QED) is 0.403. The number of anilines is 1. The van der Waals surface area contributed by atoms with E-state index in [1.807, 2.05) is 0 Å². The van der Waals surface area contributed by atoms with Gasteiger partial charge < -0.3 is 15.2 Å². The molecule has 2 aliphatic rings. The summed E-state index contributed by atoms with van der Waals surface area (Å²) < 4.78 is 46.8. The summed E-state index contributed by atoms with van der Waals surface area (Å²) in [6.45, 7) is 0.891. The lowest BCUT2D eigenvalue weighted by atomic mass is 9.96. The van der Waals surface area contributed by atoms with Gasteiger partial charge in [-0.25, -0.2) is 4.98 Å². The minimum atomic E-state index is -4.49. The highest BCUT2D eigenvalue weighted by Gasteiger charge is 2.45. The normalized spacial score (nSPS) is 19.3. The molecule has 0 radical (unpaired) electrons. The number of rotatable bonds is 9. The van der Waals surface area contributed by atoms with Gasteiger partial charge in [-0.1, -0.05) is 18.2 Å². The molecule has 2 saturated carbocycles. The second-order valence-electron chi connectivity index (χ2n) is 9.12. The van der Waals surface area contributed by atoms with Crippen LogP contribution in [0.3, 0.4) is 0 Å². The Balaban J connectivity index is 1.29. The Bertz CT molecular complexity index is 1210. The third kappa shape index (κ3) is 5.55. The molecule has 35 heavy (non-hydrogen) atoms. The Morgan fingerprint density at radius 2 is 1.86 bits per heavy atom. The number of hydrogen-bond acceptors (Lipinski definition) is 5. The summed E-state index contributed by atoms with van der Waals surface area (Å²) in [5.74, 6) is 0.337. The van der Waals surface area contributed by atoms with Crippen LogP contribution in [0.2, 0.25) is 0 Å². The molecular formula is C26H24F3N3O3. The lowest BCUT2D eigenvalue weighted by Crippen LogP contribution is -2.09. The van der Waals surface area contributed by atoms with Gasteiger partial charge in [0.2, 0.25) is 0 Å². The number of carboxylic acids is 1. The number of nitrogens with zero attached hydrogens (tertiary/aromatic N) is 2. The first-order chi connectivity index (χ1) is 16.8. The fourth-order valence-corrected chi connectivity index (χ4v) is 4.02. The second-order valence-corrected chi connectivity index (χ2v) is 9.12.